The van der Waals surface area contributed by atoms with E-state index in [-0.39, 0.29) is 30.1 Å². The lowest BCUT2D eigenvalue weighted by Crippen LogP contribution is -2.35. The monoisotopic (exact) mass is 387 g/mol. The van der Waals surface area contributed by atoms with E-state index in [4.69, 9.17) is 9.47 Å². The number of nitrogens with zero attached hydrogens (tertiary/aromatic N) is 1. The van der Waals surface area contributed by atoms with Gasteiger partial charge in [0.05, 0.1) is 32.8 Å². The molecule has 2 aromatic carbocycles. The van der Waals surface area contributed by atoms with Crippen molar-refractivity contribution < 1.29 is 23.8 Å². The van der Waals surface area contributed by atoms with Gasteiger partial charge in [-0.05, 0) is 54.2 Å². The summed E-state index contributed by atoms with van der Waals surface area (Å²) >= 11 is 0. The third kappa shape index (κ3) is 4.44. The molecule has 6 heteroatoms. The zero-order chi connectivity index (χ0) is 20.3. The van der Waals surface area contributed by atoms with Crippen molar-refractivity contribution in [3.63, 3.8) is 0 Å². The maximum atomic E-state index is 13.3. The van der Waals surface area contributed by atoms with Crippen molar-refractivity contribution in [3.8, 4) is 11.5 Å². The molecule has 28 heavy (non-hydrogen) atoms. The highest BCUT2D eigenvalue weighted by Gasteiger charge is 2.38. The molecule has 2 aromatic rings. The van der Waals surface area contributed by atoms with E-state index in [1.54, 1.807) is 49.4 Å². The number of carbonyl (C=O) groups excluding carboxylic acids is 1. The van der Waals surface area contributed by atoms with Crippen LogP contribution < -0.4 is 9.47 Å². The molecule has 1 aliphatic rings. The molecule has 1 N–H and O–H groups in total. The number of rotatable bonds is 8. The minimum atomic E-state index is -0.859. The van der Waals surface area contributed by atoms with Gasteiger partial charge in [-0.1, -0.05) is 18.2 Å². The molecular formula is C22H26FNO4. The van der Waals surface area contributed by atoms with Gasteiger partial charge in [-0.25, -0.2) is 4.39 Å². The first kappa shape index (κ1) is 20.1. The number of carbonyl (C=O) groups is 1. The SMILES string of the molecule is COc1ccc(C(O)CN(C)C(=O)C(c2ccc(F)cc2)C2CC2)cc1OC. The number of aliphatic hydroxyl groups is 1. The van der Waals surface area contributed by atoms with Crippen LogP contribution in [-0.2, 0) is 4.79 Å². The van der Waals surface area contributed by atoms with Gasteiger partial charge in [-0.2, -0.15) is 0 Å². The second kappa shape index (κ2) is 8.61. The van der Waals surface area contributed by atoms with Crippen LogP contribution in [0.25, 0.3) is 0 Å². The summed E-state index contributed by atoms with van der Waals surface area (Å²) in [6.45, 7) is 0.152. The van der Waals surface area contributed by atoms with Crippen molar-refractivity contribution in [2.75, 3.05) is 27.8 Å². The fourth-order valence-corrected chi connectivity index (χ4v) is 3.47. The van der Waals surface area contributed by atoms with Gasteiger partial charge in [0.2, 0.25) is 5.91 Å². The molecular weight excluding hydrogens is 361 g/mol. The zero-order valence-corrected chi connectivity index (χ0v) is 16.4. The van der Waals surface area contributed by atoms with Gasteiger partial charge in [0.1, 0.15) is 5.82 Å². The van der Waals surface area contributed by atoms with Gasteiger partial charge in [-0.3, -0.25) is 4.79 Å². The summed E-state index contributed by atoms with van der Waals surface area (Å²) in [6, 6.07) is 11.3. The molecule has 5 nitrogen and oxygen atoms in total. The van der Waals surface area contributed by atoms with Gasteiger partial charge in [-0.15, -0.1) is 0 Å². The highest BCUT2D eigenvalue weighted by Crippen LogP contribution is 2.43. The van der Waals surface area contributed by atoms with Gasteiger partial charge in [0.15, 0.2) is 11.5 Å². The average molecular weight is 387 g/mol. The van der Waals surface area contributed by atoms with E-state index < -0.39 is 6.10 Å². The third-order valence-electron chi connectivity index (χ3n) is 5.20. The minimum absolute atomic E-state index is 0.0614. The predicted octanol–water partition coefficient (Wildman–Crippen LogP) is 3.53. The first-order valence-electron chi connectivity index (χ1n) is 9.35. The summed E-state index contributed by atoms with van der Waals surface area (Å²) in [5, 5.41) is 10.6. The number of methoxy groups -OCH3 is 2. The van der Waals surface area contributed by atoms with Crippen molar-refractivity contribution in [1.29, 1.82) is 0 Å². The summed E-state index contributed by atoms with van der Waals surface area (Å²) in [4.78, 5) is 14.6. The number of halogens is 1. The Bertz CT molecular complexity index is 820. The maximum absolute atomic E-state index is 13.3. The molecule has 0 aromatic heterocycles. The topological polar surface area (TPSA) is 59.0 Å². The minimum Gasteiger partial charge on any atom is -0.493 e. The lowest BCUT2D eigenvalue weighted by Gasteiger charge is -2.26. The van der Waals surface area contributed by atoms with E-state index in [9.17, 15) is 14.3 Å². The molecule has 1 saturated carbocycles. The molecule has 1 amide bonds. The van der Waals surface area contributed by atoms with Crippen LogP contribution in [0.1, 0.15) is 36.0 Å². The highest BCUT2D eigenvalue weighted by molar-refractivity contribution is 5.84. The van der Waals surface area contributed by atoms with Crippen molar-refractivity contribution in [1.82, 2.24) is 4.90 Å². The van der Waals surface area contributed by atoms with Crippen molar-refractivity contribution in [3.05, 3.63) is 59.4 Å². The summed E-state index contributed by atoms with van der Waals surface area (Å²) in [5.41, 5.74) is 1.46. The Balaban J connectivity index is 1.72. The number of ether oxygens (including phenoxy) is 2. The van der Waals surface area contributed by atoms with Gasteiger partial charge in [0, 0.05) is 7.05 Å². The van der Waals surface area contributed by atoms with E-state index in [0.29, 0.717) is 17.1 Å². The molecule has 1 aliphatic carbocycles. The molecule has 0 bridgehead atoms. The highest BCUT2D eigenvalue weighted by atomic mass is 19.1. The summed E-state index contributed by atoms with van der Waals surface area (Å²) in [7, 11) is 4.77. The normalized spacial score (nSPS) is 15.6. The summed E-state index contributed by atoms with van der Waals surface area (Å²) in [5.74, 6) is 0.696. The largest absolute Gasteiger partial charge is 0.493 e. The summed E-state index contributed by atoms with van der Waals surface area (Å²) in [6.07, 6.45) is 1.11. The van der Waals surface area contributed by atoms with Gasteiger partial charge < -0.3 is 19.5 Å². The quantitative estimate of drug-likeness (QED) is 0.753. The van der Waals surface area contributed by atoms with Crippen LogP contribution in [0, 0.1) is 11.7 Å². The Hall–Kier alpha value is -2.60. The Morgan fingerprint density at radius 1 is 1.11 bits per heavy atom. The van der Waals surface area contributed by atoms with E-state index in [1.165, 1.54) is 19.2 Å². The smallest absolute Gasteiger partial charge is 0.230 e. The Kier molecular flexibility index (Phi) is 6.19. The molecule has 0 spiro atoms. The van der Waals surface area contributed by atoms with E-state index in [0.717, 1.165) is 18.4 Å². The third-order valence-corrected chi connectivity index (χ3v) is 5.20. The first-order valence-corrected chi connectivity index (χ1v) is 9.35. The van der Waals surface area contributed by atoms with Crippen LogP contribution in [-0.4, -0.2) is 43.7 Å². The van der Waals surface area contributed by atoms with Crippen LogP contribution in [0.2, 0.25) is 0 Å². The van der Waals surface area contributed by atoms with Crippen molar-refractivity contribution in [2.45, 2.75) is 24.9 Å². The summed E-state index contributed by atoms with van der Waals surface area (Å²) < 4.78 is 23.7. The number of aliphatic hydroxyl groups excluding tert-OH is 1. The fourth-order valence-electron chi connectivity index (χ4n) is 3.47. The Labute approximate surface area is 164 Å². The lowest BCUT2D eigenvalue weighted by molar-refractivity contribution is -0.133. The van der Waals surface area contributed by atoms with Crippen LogP contribution in [0.15, 0.2) is 42.5 Å². The average Bonchev–Trinajstić information content (AvgIpc) is 3.53. The number of likely N-dealkylation sites (N-methyl/N-ethyl adjacent to an activating group) is 1. The predicted molar refractivity (Wildman–Crippen MR) is 104 cm³/mol. The molecule has 3 rings (SSSR count). The van der Waals surface area contributed by atoms with Crippen LogP contribution in [0.5, 0.6) is 11.5 Å². The first-order chi connectivity index (χ1) is 13.4. The van der Waals surface area contributed by atoms with Gasteiger partial charge >= 0.3 is 0 Å². The maximum Gasteiger partial charge on any atom is 0.230 e. The Morgan fingerprint density at radius 2 is 1.71 bits per heavy atom. The molecule has 1 fully saturated rings. The molecule has 150 valence electrons. The molecule has 0 aliphatic heterocycles. The number of hydrogen-bond acceptors (Lipinski definition) is 4. The van der Waals surface area contributed by atoms with Gasteiger partial charge in [0.25, 0.3) is 0 Å². The molecule has 0 radical (unpaired) electrons. The second-order valence-corrected chi connectivity index (χ2v) is 7.22. The molecule has 2 unspecified atom stereocenters. The zero-order valence-electron chi connectivity index (χ0n) is 16.4. The molecule has 2 atom stereocenters. The van der Waals surface area contributed by atoms with Crippen LogP contribution >= 0.6 is 0 Å². The number of benzene rings is 2. The Morgan fingerprint density at radius 3 is 2.29 bits per heavy atom. The van der Waals surface area contributed by atoms with Crippen LogP contribution in [0.3, 0.4) is 0 Å². The number of hydrogen-bond donors (Lipinski definition) is 1. The van der Waals surface area contributed by atoms with E-state index >= 15 is 0 Å². The fraction of sp³-hybridized carbons (Fsp3) is 0.409. The van der Waals surface area contributed by atoms with E-state index in [1.807, 2.05) is 0 Å². The molecule has 0 saturated heterocycles. The van der Waals surface area contributed by atoms with E-state index in [2.05, 4.69) is 0 Å². The standard InChI is InChI=1S/C22H26FNO4/c1-24(13-18(25)16-8-11-19(27-2)20(12-16)28-3)22(26)21(14-4-5-14)15-6-9-17(23)10-7-15/h6-12,14,18,21,25H,4-5,13H2,1-3H3. The van der Waals surface area contributed by atoms with Crippen molar-refractivity contribution in [2.24, 2.45) is 5.92 Å². The van der Waals surface area contributed by atoms with Crippen molar-refractivity contribution >= 4 is 5.91 Å². The number of amides is 1. The second-order valence-electron chi connectivity index (χ2n) is 7.22. The van der Waals surface area contributed by atoms with Crippen LogP contribution in [0.4, 0.5) is 4.39 Å². The molecule has 0 heterocycles. The lowest BCUT2D eigenvalue weighted by atomic mass is 9.92.